The highest BCUT2D eigenvalue weighted by Gasteiger charge is 2.49. The average molecular weight is 606 g/mol. The summed E-state index contributed by atoms with van der Waals surface area (Å²) in [6, 6.07) is 11.4. The summed E-state index contributed by atoms with van der Waals surface area (Å²) in [7, 11) is 0. The first kappa shape index (κ1) is 30.0. The number of aromatic hydroxyl groups is 2. The minimum Gasteiger partial charge on any atom is -0.507 e. The lowest BCUT2D eigenvalue weighted by Crippen LogP contribution is -2.53. The van der Waals surface area contributed by atoms with Crippen molar-refractivity contribution in [1.82, 2.24) is 0 Å². The third kappa shape index (κ3) is 5.00. The normalized spacial score (nSPS) is 27.8. The summed E-state index contributed by atoms with van der Waals surface area (Å²) in [4.78, 5) is 39.6. The second kappa shape index (κ2) is 11.2. The molecular weight excluding hydrogens is 573 g/mol. The number of phenolic OH excluding ortho intramolecular Hbond substituents is 2. The minimum atomic E-state index is -2.00. The Bertz CT molecular complexity index is 1660. The summed E-state index contributed by atoms with van der Waals surface area (Å²) < 4.78 is 31.6. The van der Waals surface area contributed by atoms with E-state index in [9.17, 15) is 34.1 Å². The Balaban J connectivity index is 1.31. The maximum absolute atomic E-state index is 13.5. The Kier molecular flexibility index (Phi) is 7.63. The van der Waals surface area contributed by atoms with Crippen molar-refractivity contribution in [1.29, 1.82) is 0 Å². The lowest BCUT2D eigenvalue weighted by Gasteiger charge is -2.43. The molecule has 3 aromatic rings. The standard InChI is InChI=1S/C33H32FNO9/c1-15-32(42-14-17-7-9-18(34)10-8-17)22(35)11-24(43-15)44-23-13-33(41,16(2)36)12-21-25(23)31(40)27-26(30(21)39)28(37)19-5-3-4-6-20(19)29(27)38/h3-10,15,22-24,32,39-41H,11-14,35H2,1-2H3/t15?,22?,23-,24?,32?,33?/m1/s1. The number of aliphatic hydroxyl groups is 1. The molecule has 10 nitrogen and oxygen atoms in total. The van der Waals surface area contributed by atoms with Crippen molar-refractivity contribution in [2.75, 3.05) is 0 Å². The van der Waals surface area contributed by atoms with Gasteiger partial charge in [0.25, 0.3) is 0 Å². The van der Waals surface area contributed by atoms with Gasteiger partial charge < -0.3 is 35.3 Å². The zero-order valence-corrected chi connectivity index (χ0v) is 24.1. The SMILES string of the molecule is CC(=O)C1(O)Cc2c(O)c3c(c(O)c2[C@H](OC2CC(N)C(OCc4ccc(F)cc4)C(C)O2)C1)C(=O)c1ccccc1C3=O. The number of hydrogen-bond donors (Lipinski definition) is 4. The Labute approximate surface area is 252 Å². The average Bonchev–Trinajstić information content (AvgIpc) is 2.98. The van der Waals surface area contributed by atoms with Gasteiger partial charge in [0, 0.05) is 47.6 Å². The fourth-order valence-electron chi connectivity index (χ4n) is 6.45. The van der Waals surface area contributed by atoms with E-state index in [4.69, 9.17) is 19.9 Å². The van der Waals surface area contributed by atoms with Gasteiger partial charge in [-0.25, -0.2) is 4.39 Å². The summed E-state index contributed by atoms with van der Waals surface area (Å²) in [5.41, 5.74) is 4.53. The van der Waals surface area contributed by atoms with Crippen LogP contribution >= 0.6 is 0 Å². The first-order valence-corrected chi connectivity index (χ1v) is 14.3. The number of Topliss-reactive ketones (excluding diaryl/α,β-unsaturated/α-hetero) is 1. The fourth-order valence-corrected chi connectivity index (χ4v) is 6.45. The van der Waals surface area contributed by atoms with E-state index in [-0.39, 0.29) is 58.6 Å². The molecule has 0 bridgehead atoms. The van der Waals surface area contributed by atoms with E-state index in [2.05, 4.69) is 0 Å². The van der Waals surface area contributed by atoms with Crippen molar-refractivity contribution in [2.24, 2.45) is 5.73 Å². The van der Waals surface area contributed by atoms with E-state index in [1.54, 1.807) is 31.2 Å². The summed E-state index contributed by atoms with van der Waals surface area (Å²) in [5, 5.41) is 34.3. The van der Waals surface area contributed by atoms with E-state index < -0.39 is 71.5 Å². The molecule has 6 atom stereocenters. The molecule has 3 aliphatic rings. The van der Waals surface area contributed by atoms with Crippen LogP contribution in [0.1, 0.15) is 81.3 Å². The molecule has 6 rings (SSSR count). The maximum atomic E-state index is 13.5. The number of ether oxygens (including phenoxy) is 3. The first-order chi connectivity index (χ1) is 20.9. The van der Waals surface area contributed by atoms with Crippen LogP contribution in [0, 0.1) is 5.82 Å². The first-order valence-electron chi connectivity index (χ1n) is 14.3. The highest BCUT2D eigenvalue weighted by atomic mass is 19.1. The second-order valence-corrected chi connectivity index (χ2v) is 11.7. The monoisotopic (exact) mass is 605 g/mol. The zero-order valence-electron chi connectivity index (χ0n) is 24.1. The molecule has 5 N–H and O–H groups in total. The van der Waals surface area contributed by atoms with Gasteiger partial charge in [-0.15, -0.1) is 0 Å². The molecule has 11 heteroatoms. The molecule has 1 aliphatic heterocycles. The molecule has 0 spiro atoms. The minimum absolute atomic E-state index is 0.00721. The smallest absolute Gasteiger partial charge is 0.198 e. The number of phenols is 2. The molecule has 0 radical (unpaired) electrons. The predicted molar refractivity (Wildman–Crippen MR) is 153 cm³/mol. The van der Waals surface area contributed by atoms with E-state index in [0.29, 0.717) is 0 Å². The molecule has 1 fully saturated rings. The maximum Gasteiger partial charge on any atom is 0.198 e. The van der Waals surface area contributed by atoms with Crippen molar-refractivity contribution >= 4 is 17.3 Å². The molecule has 0 aromatic heterocycles. The predicted octanol–water partition coefficient (Wildman–Crippen LogP) is 3.38. The lowest BCUT2D eigenvalue weighted by molar-refractivity contribution is -0.254. The Hall–Kier alpha value is -4.00. The van der Waals surface area contributed by atoms with Crippen molar-refractivity contribution in [3.63, 3.8) is 0 Å². The number of nitrogens with two attached hydrogens (primary N) is 1. The largest absolute Gasteiger partial charge is 0.507 e. The number of carbonyl (C=O) groups excluding carboxylic acids is 3. The van der Waals surface area contributed by atoms with Gasteiger partial charge in [0.1, 0.15) is 22.9 Å². The molecule has 1 saturated heterocycles. The number of ketones is 3. The number of hydrogen-bond acceptors (Lipinski definition) is 10. The van der Waals surface area contributed by atoms with Gasteiger partial charge >= 0.3 is 0 Å². The van der Waals surface area contributed by atoms with E-state index in [1.165, 1.54) is 31.2 Å². The molecule has 0 saturated carbocycles. The van der Waals surface area contributed by atoms with Crippen LogP contribution in [0.2, 0.25) is 0 Å². The molecule has 5 unspecified atom stereocenters. The van der Waals surface area contributed by atoms with Crippen LogP contribution in [-0.4, -0.2) is 62.8 Å². The number of rotatable bonds is 6. The summed E-state index contributed by atoms with van der Waals surface area (Å²) in [5.74, 6) is -3.45. The van der Waals surface area contributed by atoms with E-state index in [1.807, 2.05) is 0 Å². The quantitative estimate of drug-likeness (QED) is 0.239. The van der Waals surface area contributed by atoms with Gasteiger partial charge in [-0.1, -0.05) is 36.4 Å². The van der Waals surface area contributed by atoms with E-state index >= 15 is 0 Å². The lowest BCUT2D eigenvalue weighted by atomic mass is 9.72. The van der Waals surface area contributed by atoms with E-state index in [0.717, 1.165) is 5.56 Å². The summed E-state index contributed by atoms with van der Waals surface area (Å²) >= 11 is 0. The van der Waals surface area contributed by atoms with Crippen LogP contribution in [0.5, 0.6) is 11.5 Å². The Morgan fingerprint density at radius 2 is 1.66 bits per heavy atom. The van der Waals surface area contributed by atoms with Gasteiger partial charge in [-0.05, 0) is 31.5 Å². The topological polar surface area (TPSA) is 166 Å². The van der Waals surface area contributed by atoms with Crippen molar-refractivity contribution < 1.29 is 48.3 Å². The Morgan fingerprint density at radius 1 is 1.05 bits per heavy atom. The van der Waals surface area contributed by atoms with Crippen LogP contribution in [0.15, 0.2) is 48.5 Å². The number of fused-ring (bicyclic) bond motifs is 3. The van der Waals surface area contributed by atoms with Crippen LogP contribution in [-0.2, 0) is 32.0 Å². The van der Waals surface area contributed by atoms with Gasteiger partial charge in [0.2, 0.25) is 0 Å². The second-order valence-electron chi connectivity index (χ2n) is 11.7. The Morgan fingerprint density at radius 3 is 2.25 bits per heavy atom. The van der Waals surface area contributed by atoms with Crippen LogP contribution in [0.4, 0.5) is 4.39 Å². The molecule has 0 amide bonds. The number of carbonyl (C=O) groups is 3. The molecule has 230 valence electrons. The highest BCUT2D eigenvalue weighted by molar-refractivity contribution is 6.30. The summed E-state index contributed by atoms with van der Waals surface area (Å²) in [6.07, 6.45) is -3.90. The van der Waals surface area contributed by atoms with Crippen molar-refractivity contribution in [2.45, 2.75) is 76.0 Å². The van der Waals surface area contributed by atoms with Crippen LogP contribution < -0.4 is 5.73 Å². The third-order valence-corrected chi connectivity index (χ3v) is 8.82. The molecular formula is C33H32FNO9. The zero-order chi connectivity index (χ0) is 31.5. The van der Waals surface area contributed by atoms with Gasteiger partial charge in [-0.2, -0.15) is 0 Å². The number of benzene rings is 3. The molecule has 1 heterocycles. The third-order valence-electron chi connectivity index (χ3n) is 8.82. The molecule has 2 aliphatic carbocycles. The van der Waals surface area contributed by atoms with Gasteiger partial charge in [0.15, 0.2) is 23.6 Å². The fraction of sp³-hybridized carbons (Fsp3) is 0.364. The van der Waals surface area contributed by atoms with Gasteiger partial charge in [0.05, 0.1) is 36.0 Å². The van der Waals surface area contributed by atoms with Gasteiger partial charge in [-0.3, -0.25) is 14.4 Å². The van der Waals surface area contributed by atoms with Crippen LogP contribution in [0.25, 0.3) is 0 Å². The molecule has 3 aromatic carbocycles. The van der Waals surface area contributed by atoms with Crippen molar-refractivity contribution in [3.05, 3.63) is 93.3 Å². The molecule has 44 heavy (non-hydrogen) atoms. The van der Waals surface area contributed by atoms with Crippen LogP contribution in [0.3, 0.4) is 0 Å². The number of halogens is 1. The highest BCUT2D eigenvalue weighted by Crippen LogP contribution is 2.52. The summed E-state index contributed by atoms with van der Waals surface area (Å²) in [6.45, 7) is 3.11. The van der Waals surface area contributed by atoms with Crippen molar-refractivity contribution in [3.8, 4) is 11.5 Å².